The lowest BCUT2D eigenvalue weighted by molar-refractivity contribution is -0.137. The van der Waals surface area contributed by atoms with Crippen LogP contribution < -0.4 is 10.1 Å². The van der Waals surface area contributed by atoms with E-state index in [-0.39, 0.29) is 12.5 Å². The molecule has 2 aliphatic rings. The number of nitrogens with one attached hydrogen (secondary N) is 1. The molecule has 4 rings (SSSR count). The molecule has 2 N–H and O–H groups in total. The molecule has 1 atom stereocenters. The molecular weight excluding hydrogens is 354 g/mol. The van der Waals surface area contributed by atoms with E-state index >= 15 is 0 Å². The molecule has 0 aliphatic carbocycles. The van der Waals surface area contributed by atoms with Crippen LogP contribution in [0.5, 0.6) is 11.5 Å². The first kappa shape index (κ1) is 16.9. The fourth-order valence-corrected chi connectivity index (χ4v) is 3.47. The zero-order chi connectivity index (χ0) is 18.1. The van der Waals surface area contributed by atoms with Crippen molar-refractivity contribution >= 4 is 29.1 Å². The van der Waals surface area contributed by atoms with E-state index < -0.39 is 5.97 Å². The van der Waals surface area contributed by atoms with Crippen molar-refractivity contribution < 1.29 is 14.6 Å². The van der Waals surface area contributed by atoms with Gasteiger partial charge in [-0.15, -0.1) is 0 Å². The minimum Gasteiger partial charge on any atom is -0.481 e. The zero-order valence-corrected chi connectivity index (χ0v) is 14.7. The summed E-state index contributed by atoms with van der Waals surface area (Å²) in [5, 5.41) is 12.9. The van der Waals surface area contributed by atoms with Crippen LogP contribution in [0.25, 0.3) is 0 Å². The molecule has 0 radical (unpaired) electrons. The van der Waals surface area contributed by atoms with Gasteiger partial charge >= 0.3 is 5.97 Å². The minimum absolute atomic E-state index is 0.0738. The number of nitrogens with zero attached hydrogens (tertiary/aromatic N) is 2. The van der Waals surface area contributed by atoms with Crippen molar-refractivity contribution in [2.75, 3.05) is 19.6 Å². The molecule has 0 amide bonds. The Bertz CT molecular complexity index is 884. The number of carboxylic acid groups (broad SMARTS) is 1. The van der Waals surface area contributed by atoms with Crippen LogP contribution in [0.1, 0.15) is 12.0 Å². The Hall–Kier alpha value is -2.57. The van der Waals surface area contributed by atoms with Gasteiger partial charge in [-0.2, -0.15) is 0 Å². The number of aliphatic carboxylic acids is 1. The molecule has 7 heteroatoms. The van der Waals surface area contributed by atoms with Crippen molar-refractivity contribution in [2.45, 2.75) is 12.5 Å². The van der Waals surface area contributed by atoms with Gasteiger partial charge in [0, 0.05) is 30.7 Å². The quantitative estimate of drug-likeness (QED) is 0.847. The number of amidine groups is 1. The molecule has 1 saturated heterocycles. The maximum absolute atomic E-state index is 11.1. The summed E-state index contributed by atoms with van der Waals surface area (Å²) in [5.74, 6) is 1.33. The van der Waals surface area contributed by atoms with Crippen LogP contribution in [0.3, 0.4) is 0 Å². The molecule has 0 spiro atoms. The smallest absolute Gasteiger partial charge is 0.304 e. The molecule has 2 heterocycles. The van der Waals surface area contributed by atoms with Crippen LogP contribution in [0.4, 0.5) is 5.69 Å². The van der Waals surface area contributed by atoms with Gasteiger partial charge in [0.05, 0.1) is 12.0 Å². The Morgan fingerprint density at radius 2 is 2.15 bits per heavy atom. The van der Waals surface area contributed by atoms with Gasteiger partial charge in [0.25, 0.3) is 0 Å². The fourth-order valence-electron chi connectivity index (χ4n) is 3.30. The van der Waals surface area contributed by atoms with Crippen molar-refractivity contribution in [3.63, 3.8) is 0 Å². The summed E-state index contributed by atoms with van der Waals surface area (Å²) in [6.07, 6.45) is 0.0738. The standard InChI is InChI=1S/C19H18ClN3O3/c20-12-5-6-17-15(9-12)22-19(14-3-1-2-4-16(14)26-17)23-8-7-21-13(11-23)10-18(24)25/h1-6,9,13,21H,7-8,10-11H2,(H,24,25). The van der Waals surface area contributed by atoms with E-state index in [1.807, 2.05) is 30.3 Å². The first-order chi connectivity index (χ1) is 12.6. The van der Waals surface area contributed by atoms with Crippen LogP contribution in [0.15, 0.2) is 47.5 Å². The van der Waals surface area contributed by atoms with Crippen LogP contribution >= 0.6 is 11.6 Å². The monoisotopic (exact) mass is 371 g/mol. The van der Waals surface area contributed by atoms with Crippen molar-refractivity contribution in [3.05, 3.63) is 53.1 Å². The van der Waals surface area contributed by atoms with Crippen LogP contribution in [-0.2, 0) is 4.79 Å². The maximum atomic E-state index is 11.1. The van der Waals surface area contributed by atoms with E-state index in [0.29, 0.717) is 29.5 Å². The number of benzene rings is 2. The lowest BCUT2D eigenvalue weighted by Gasteiger charge is -2.35. The van der Waals surface area contributed by atoms with Gasteiger partial charge in [-0.05, 0) is 30.3 Å². The van der Waals surface area contributed by atoms with Gasteiger partial charge in [0.15, 0.2) is 5.75 Å². The van der Waals surface area contributed by atoms with E-state index in [1.165, 1.54) is 0 Å². The highest BCUT2D eigenvalue weighted by molar-refractivity contribution is 6.31. The van der Waals surface area contributed by atoms with Crippen LogP contribution in [0, 0.1) is 0 Å². The highest BCUT2D eigenvalue weighted by Crippen LogP contribution is 2.39. The van der Waals surface area contributed by atoms with Gasteiger partial charge < -0.3 is 20.1 Å². The Morgan fingerprint density at radius 1 is 1.31 bits per heavy atom. The summed E-state index contributed by atoms with van der Waals surface area (Å²) < 4.78 is 6.06. The molecule has 2 aromatic carbocycles. The number of piperazine rings is 1. The molecule has 26 heavy (non-hydrogen) atoms. The second-order valence-corrected chi connectivity index (χ2v) is 6.78. The number of aliphatic imine (C=N–C) groups is 1. The number of fused-ring (bicyclic) bond motifs is 2. The average molecular weight is 372 g/mol. The number of rotatable bonds is 2. The molecule has 2 aliphatic heterocycles. The lowest BCUT2D eigenvalue weighted by Crippen LogP contribution is -2.53. The van der Waals surface area contributed by atoms with Gasteiger partial charge in [0.1, 0.15) is 17.3 Å². The Balaban J connectivity index is 1.76. The first-order valence-corrected chi connectivity index (χ1v) is 8.83. The third kappa shape index (κ3) is 3.38. The van der Waals surface area contributed by atoms with E-state index in [4.69, 9.17) is 26.4 Å². The summed E-state index contributed by atoms with van der Waals surface area (Å²) in [5.41, 5.74) is 1.55. The second-order valence-electron chi connectivity index (χ2n) is 6.34. The van der Waals surface area contributed by atoms with Gasteiger partial charge in [-0.3, -0.25) is 4.79 Å². The summed E-state index contributed by atoms with van der Waals surface area (Å²) >= 11 is 6.14. The summed E-state index contributed by atoms with van der Waals surface area (Å²) in [4.78, 5) is 18.0. The Morgan fingerprint density at radius 3 is 3.00 bits per heavy atom. The van der Waals surface area contributed by atoms with E-state index in [2.05, 4.69) is 10.2 Å². The average Bonchev–Trinajstić information content (AvgIpc) is 2.78. The summed E-state index contributed by atoms with van der Waals surface area (Å²) in [6.45, 7) is 2.00. The molecule has 6 nitrogen and oxygen atoms in total. The number of carbonyl (C=O) groups is 1. The van der Waals surface area contributed by atoms with E-state index in [0.717, 1.165) is 23.7 Å². The second kappa shape index (κ2) is 6.97. The van der Waals surface area contributed by atoms with Gasteiger partial charge in [-0.1, -0.05) is 23.7 Å². The third-order valence-electron chi connectivity index (χ3n) is 4.47. The number of ether oxygens (including phenoxy) is 1. The summed E-state index contributed by atoms with van der Waals surface area (Å²) in [7, 11) is 0. The van der Waals surface area contributed by atoms with Gasteiger partial charge in [0.2, 0.25) is 0 Å². The van der Waals surface area contributed by atoms with Crippen molar-refractivity contribution in [3.8, 4) is 11.5 Å². The van der Waals surface area contributed by atoms with E-state index in [1.54, 1.807) is 12.1 Å². The SMILES string of the molecule is O=C(O)CC1CN(C2=Nc3cc(Cl)ccc3Oc3ccccc32)CCN1. The largest absolute Gasteiger partial charge is 0.481 e. The molecule has 0 bridgehead atoms. The Kier molecular flexibility index (Phi) is 4.53. The topological polar surface area (TPSA) is 74.2 Å². The first-order valence-electron chi connectivity index (χ1n) is 8.46. The molecule has 1 fully saturated rings. The third-order valence-corrected chi connectivity index (χ3v) is 4.71. The molecular formula is C19H18ClN3O3. The Labute approximate surface area is 156 Å². The van der Waals surface area contributed by atoms with Gasteiger partial charge in [-0.25, -0.2) is 4.99 Å². The van der Waals surface area contributed by atoms with Crippen molar-refractivity contribution in [1.29, 1.82) is 0 Å². The number of hydrogen-bond acceptors (Lipinski definition) is 5. The van der Waals surface area contributed by atoms with Crippen LogP contribution in [-0.4, -0.2) is 47.5 Å². The maximum Gasteiger partial charge on any atom is 0.304 e. The number of halogens is 1. The highest BCUT2D eigenvalue weighted by Gasteiger charge is 2.28. The number of para-hydroxylation sites is 1. The lowest BCUT2D eigenvalue weighted by atomic mass is 10.1. The normalized spacial score (nSPS) is 18.9. The predicted octanol–water partition coefficient (Wildman–Crippen LogP) is 3.27. The highest BCUT2D eigenvalue weighted by atomic mass is 35.5. The molecule has 0 aromatic heterocycles. The van der Waals surface area contributed by atoms with Crippen molar-refractivity contribution in [1.82, 2.24) is 10.2 Å². The van der Waals surface area contributed by atoms with Crippen LogP contribution in [0.2, 0.25) is 5.02 Å². The van der Waals surface area contributed by atoms with E-state index in [9.17, 15) is 4.79 Å². The molecule has 1 unspecified atom stereocenters. The number of carboxylic acids is 1. The molecule has 0 saturated carbocycles. The minimum atomic E-state index is -0.812. The summed E-state index contributed by atoms with van der Waals surface area (Å²) in [6, 6.07) is 13.0. The zero-order valence-electron chi connectivity index (χ0n) is 14.0. The predicted molar refractivity (Wildman–Crippen MR) is 99.8 cm³/mol. The molecule has 134 valence electrons. The molecule has 2 aromatic rings. The fraction of sp³-hybridized carbons (Fsp3) is 0.263. The number of hydrogen-bond donors (Lipinski definition) is 2. The van der Waals surface area contributed by atoms with Crippen molar-refractivity contribution in [2.24, 2.45) is 4.99 Å².